The Morgan fingerprint density at radius 2 is 1.25 bits per heavy atom. The van der Waals surface area contributed by atoms with Crippen molar-refractivity contribution >= 4 is 0 Å². The van der Waals surface area contributed by atoms with Crippen molar-refractivity contribution < 1.29 is 0 Å². The SMILES string of the molecule is CCCCCCCC(C)CCCCC(C)N. The molecule has 0 saturated carbocycles. The van der Waals surface area contributed by atoms with Crippen molar-refractivity contribution in [2.45, 2.75) is 91.0 Å². The standard InChI is InChI=1S/C15H33N/c1-4-5-6-7-8-11-14(2)12-9-10-13-15(3)16/h14-15H,4-13,16H2,1-3H3. The summed E-state index contributed by atoms with van der Waals surface area (Å²) < 4.78 is 0. The Labute approximate surface area is 103 Å². The quantitative estimate of drug-likeness (QED) is 0.500. The molecule has 1 nitrogen and oxygen atoms in total. The molecule has 0 spiro atoms. The van der Waals surface area contributed by atoms with Crippen molar-refractivity contribution in [3.8, 4) is 0 Å². The van der Waals surface area contributed by atoms with Crippen LogP contribution in [0, 0.1) is 5.92 Å². The van der Waals surface area contributed by atoms with E-state index in [0.717, 1.165) is 5.92 Å². The van der Waals surface area contributed by atoms with Crippen LogP contribution in [0.15, 0.2) is 0 Å². The molecule has 0 aliphatic rings. The average molecular weight is 227 g/mol. The smallest absolute Gasteiger partial charge is 0.00104 e. The predicted octanol–water partition coefficient (Wildman–Crippen LogP) is 4.89. The largest absolute Gasteiger partial charge is 0.328 e. The highest BCUT2D eigenvalue weighted by Crippen LogP contribution is 2.17. The molecule has 98 valence electrons. The van der Waals surface area contributed by atoms with Crippen LogP contribution in [-0.2, 0) is 0 Å². The van der Waals surface area contributed by atoms with Gasteiger partial charge in [0.2, 0.25) is 0 Å². The van der Waals surface area contributed by atoms with E-state index in [1.165, 1.54) is 64.2 Å². The van der Waals surface area contributed by atoms with Gasteiger partial charge in [0.25, 0.3) is 0 Å². The van der Waals surface area contributed by atoms with Crippen LogP contribution in [-0.4, -0.2) is 6.04 Å². The first-order valence-electron chi connectivity index (χ1n) is 7.42. The summed E-state index contributed by atoms with van der Waals surface area (Å²) in [7, 11) is 0. The molecule has 16 heavy (non-hydrogen) atoms. The zero-order valence-electron chi connectivity index (χ0n) is 11.8. The van der Waals surface area contributed by atoms with Gasteiger partial charge in [-0.15, -0.1) is 0 Å². The summed E-state index contributed by atoms with van der Waals surface area (Å²) in [5.74, 6) is 0.926. The van der Waals surface area contributed by atoms with Crippen molar-refractivity contribution in [3.63, 3.8) is 0 Å². The summed E-state index contributed by atoms with van der Waals surface area (Å²) in [5, 5.41) is 0. The first-order chi connectivity index (χ1) is 7.66. The Morgan fingerprint density at radius 1 is 0.750 bits per heavy atom. The molecule has 0 rings (SSSR count). The van der Waals surface area contributed by atoms with Crippen LogP contribution >= 0.6 is 0 Å². The van der Waals surface area contributed by atoms with Crippen molar-refractivity contribution in [2.24, 2.45) is 11.7 Å². The van der Waals surface area contributed by atoms with E-state index in [2.05, 4.69) is 20.8 Å². The summed E-state index contributed by atoms with van der Waals surface area (Å²) in [6.07, 6.45) is 13.8. The summed E-state index contributed by atoms with van der Waals surface area (Å²) in [4.78, 5) is 0. The molecule has 0 amide bonds. The molecular formula is C15H33N. The van der Waals surface area contributed by atoms with Gasteiger partial charge in [0, 0.05) is 6.04 Å². The molecule has 0 radical (unpaired) electrons. The van der Waals surface area contributed by atoms with E-state index in [1.807, 2.05) is 0 Å². The third kappa shape index (κ3) is 12.0. The van der Waals surface area contributed by atoms with Crippen LogP contribution in [0.3, 0.4) is 0 Å². The van der Waals surface area contributed by atoms with Crippen molar-refractivity contribution in [1.82, 2.24) is 0 Å². The van der Waals surface area contributed by atoms with Gasteiger partial charge in [-0.25, -0.2) is 0 Å². The monoisotopic (exact) mass is 227 g/mol. The number of hydrogen-bond donors (Lipinski definition) is 1. The predicted molar refractivity (Wildman–Crippen MR) is 74.7 cm³/mol. The molecule has 0 bridgehead atoms. The van der Waals surface area contributed by atoms with Gasteiger partial charge in [-0.1, -0.05) is 71.6 Å². The molecule has 0 aromatic heterocycles. The fourth-order valence-electron chi connectivity index (χ4n) is 2.20. The lowest BCUT2D eigenvalue weighted by Gasteiger charge is -2.11. The fourth-order valence-corrected chi connectivity index (χ4v) is 2.20. The van der Waals surface area contributed by atoms with E-state index in [4.69, 9.17) is 5.73 Å². The molecule has 0 heterocycles. The van der Waals surface area contributed by atoms with Crippen LogP contribution < -0.4 is 5.73 Å². The average Bonchev–Trinajstić information content (AvgIpc) is 2.24. The molecule has 1 heteroatoms. The van der Waals surface area contributed by atoms with Gasteiger partial charge in [0.15, 0.2) is 0 Å². The first-order valence-corrected chi connectivity index (χ1v) is 7.42. The van der Waals surface area contributed by atoms with E-state index in [0.29, 0.717) is 6.04 Å². The number of nitrogens with two attached hydrogens (primary N) is 1. The lowest BCUT2D eigenvalue weighted by atomic mass is 9.96. The maximum absolute atomic E-state index is 5.74. The van der Waals surface area contributed by atoms with Gasteiger partial charge in [0.1, 0.15) is 0 Å². The van der Waals surface area contributed by atoms with Gasteiger partial charge in [-0.2, -0.15) is 0 Å². The fraction of sp³-hybridized carbons (Fsp3) is 1.00. The third-order valence-corrected chi connectivity index (χ3v) is 3.41. The lowest BCUT2D eigenvalue weighted by molar-refractivity contribution is 0.430. The summed E-state index contributed by atoms with van der Waals surface area (Å²) in [6, 6.07) is 0.393. The summed E-state index contributed by atoms with van der Waals surface area (Å²) >= 11 is 0. The van der Waals surface area contributed by atoms with Crippen molar-refractivity contribution in [1.29, 1.82) is 0 Å². The molecular weight excluding hydrogens is 194 g/mol. The lowest BCUT2D eigenvalue weighted by Crippen LogP contribution is -2.14. The van der Waals surface area contributed by atoms with Crippen LogP contribution in [0.5, 0.6) is 0 Å². The summed E-state index contributed by atoms with van der Waals surface area (Å²) in [6.45, 7) is 6.80. The molecule has 0 aromatic carbocycles. The number of unbranched alkanes of at least 4 members (excludes halogenated alkanes) is 5. The van der Waals surface area contributed by atoms with E-state index in [9.17, 15) is 0 Å². The summed E-state index contributed by atoms with van der Waals surface area (Å²) in [5.41, 5.74) is 5.74. The molecule has 0 aliphatic carbocycles. The highest BCUT2D eigenvalue weighted by atomic mass is 14.6. The molecule has 0 aromatic rings. The Bertz CT molecular complexity index is 131. The Kier molecular flexibility index (Phi) is 11.4. The Hall–Kier alpha value is -0.0400. The van der Waals surface area contributed by atoms with Crippen LogP contribution in [0.2, 0.25) is 0 Å². The Balaban J connectivity index is 3.15. The van der Waals surface area contributed by atoms with Gasteiger partial charge < -0.3 is 5.73 Å². The van der Waals surface area contributed by atoms with E-state index >= 15 is 0 Å². The van der Waals surface area contributed by atoms with Crippen LogP contribution in [0.4, 0.5) is 0 Å². The molecule has 0 saturated heterocycles. The number of hydrogen-bond acceptors (Lipinski definition) is 1. The second kappa shape index (κ2) is 11.4. The van der Waals surface area contributed by atoms with Gasteiger partial charge in [0.05, 0.1) is 0 Å². The second-order valence-electron chi connectivity index (χ2n) is 5.57. The minimum atomic E-state index is 0.393. The molecule has 0 aliphatic heterocycles. The minimum Gasteiger partial charge on any atom is -0.328 e. The molecule has 2 atom stereocenters. The normalized spacial score (nSPS) is 15.0. The zero-order chi connectivity index (χ0) is 12.2. The van der Waals surface area contributed by atoms with Crippen LogP contribution in [0.25, 0.3) is 0 Å². The molecule has 2 N–H and O–H groups in total. The van der Waals surface area contributed by atoms with Crippen molar-refractivity contribution in [2.75, 3.05) is 0 Å². The second-order valence-corrected chi connectivity index (χ2v) is 5.57. The highest BCUT2D eigenvalue weighted by Gasteiger charge is 2.02. The van der Waals surface area contributed by atoms with Crippen molar-refractivity contribution in [3.05, 3.63) is 0 Å². The van der Waals surface area contributed by atoms with Crippen LogP contribution in [0.1, 0.15) is 85.0 Å². The third-order valence-electron chi connectivity index (χ3n) is 3.41. The maximum atomic E-state index is 5.74. The van der Waals surface area contributed by atoms with E-state index in [1.54, 1.807) is 0 Å². The first kappa shape index (κ1) is 16.0. The topological polar surface area (TPSA) is 26.0 Å². The van der Waals surface area contributed by atoms with Gasteiger partial charge >= 0.3 is 0 Å². The van der Waals surface area contributed by atoms with E-state index in [-0.39, 0.29) is 0 Å². The van der Waals surface area contributed by atoms with E-state index < -0.39 is 0 Å². The Morgan fingerprint density at radius 3 is 1.81 bits per heavy atom. The maximum Gasteiger partial charge on any atom is 0.00104 e. The highest BCUT2D eigenvalue weighted by molar-refractivity contribution is 4.57. The van der Waals surface area contributed by atoms with Gasteiger partial charge in [-0.05, 0) is 19.3 Å². The molecule has 2 unspecified atom stereocenters. The van der Waals surface area contributed by atoms with Gasteiger partial charge in [-0.3, -0.25) is 0 Å². The number of rotatable bonds is 11. The zero-order valence-corrected chi connectivity index (χ0v) is 11.8. The minimum absolute atomic E-state index is 0.393. The molecule has 0 fully saturated rings.